The molecule has 0 radical (unpaired) electrons. The molecule has 1 rings (SSSR count). The molecular weight excluding hydrogens is 282 g/mol. The maximum atomic E-state index is 11.2. The first kappa shape index (κ1) is 15.9. The van der Waals surface area contributed by atoms with Crippen LogP contribution in [0, 0.1) is 5.41 Å². The Bertz CT molecular complexity index is 638. The molecule has 7 nitrogen and oxygen atoms in total. The van der Waals surface area contributed by atoms with Crippen molar-refractivity contribution >= 4 is 27.9 Å². The lowest BCUT2D eigenvalue weighted by Crippen LogP contribution is -2.29. The number of nitrogens with one attached hydrogen (secondary N) is 2. The number of sulfonamides is 1. The van der Waals surface area contributed by atoms with Crippen LogP contribution in [-0.2, 0) is 14.8 Å². The standard InChI is InChI=1S/C12H15N3O4S/c13-12(14)10-5-1-3-9(7-10)4-2-6-15-20(18,19)8-11(16)17/h1-5,7,15H,6,8H2,(H3,13,14)(H,16,17)/b4-2+. The Labute approximate surface area is 116 Å². The van der Waals surface area contributed by atoms with Gasteiger partial charge in [-0.15, -0.1) is 0 Å². The van der Waals surface area contributed by atoms with E-state index >= 15 is 0 Å². The summed E-state index contributed by atoms with van der Waals surface area (Å²) in [5, 5.41) is 15.7. The number of benzene rings is 1. The van der Waals surface area contributed by atoms with Gasteiger partial charge >= 0.3 is 5.97 Å². The van der Waals surface area contributed by atoms with Gasteiger partial charge in [-0.3, -0.25) is 10.2 Å². The van der Waals surface area contributed by atoms with Crippen molar-refractivity contribution in [3.63, 3.8) is 0 Å². The second-order valence-electron chi connectivity index (χ2n) is 3.94. The van der Waals surface area contributed by atoms with Gasteiger partial charge in [0.15, 0.2) is 5.75 Å². The summed E-state index contributed by atoms with van der Waals surface area (Å²) in [4.78, 5) is 10.3. The normalized spacial score (nSPS) is 11.6. The topological polar surface area (TPSA) is 133 Å². The van der Waals surface area contributed by atoms with Crippen molar-refractivity contribution in [2.24, 2.45) is 5.73 Å². The summed E-state index contributed by atoms with van der Waals surface area (Å²) >= 11 is 0. The third-order valence-corrected chi connectivity index (χ3v) is 3.48. The summed E-state index contributed by atoms with van der Waals surface area (Å²) in [5.41, 5.74) is 6.68. The summed E-state index contributed by atoms with van der Waals surface area (Å²) in [6.07, 6.45) is 3.19. The number of carboxylic acid groups (broad SMARTS) is 1. The van der Waals surface area contributed by atoms with E-state index in [0.717, 1.165) is 5.56 Å². The molecule has 0 saturated carbocycles. The van der Waals surface area contributed by atoms with Gasteiger partial charge in [0.2, 0.25) is 10.0 Å². The summed E-state index contributed by atoms with van der Waals surface area (Å²) in [6, 6.07) is 6.87. The summed E-state index contributed by atoms with van der Waals surface area (Å²) in [6.45, 7) is -0.0140. The largest absolute Gasteiger partial charge is 0.480 e. The highest BCUT2D eigenvalue weighted by Crippen LogP contribution is 2.06. The first-order chi connectivity index (χ1) is 9.30. The predicted molar refractivity (Wildman–Crippen MR) is 75.9 cm³/mol. The Morgan fingerprint density at radius 1 is 1.45 bits per heavy atom. The molecule has 108 valence electrons. The van der Waals surface area contributed by atoms with Crippen LogP contribution in [0.2, 0.25) is 0 Å². The predicted octanol–water partition coefficient (Wildman–Crippen LogP) is -0.0121. The van der Waals surface area contributed by atoms with Crippen molar-refractivity contribution in [1.82, 2.24) is 4.72 Å². The zero-order chi connectivity index (χ0) is 15.2. The van der Waals surface area contributed by atoms with Crippen LogP contribution in [0.4, 0.5) is 0 Å². The van der Waals surface area contributed by atoms with E-state index in [-0.39, 0.29) is 12.4 Å². The van der Waals surface area contributed by atoms with E-state index in [2.05, 4.69) is 4.72 Å². The van der Waals surface area contributed by atoms with Crippen LogP contribution in [0.5, 0.6) is 0 Å². The van der Waals surface area contributed by atoms with Gasteiger partial charge < -0.3 is 10.8 Å². The third-order valence-electron chi connectivity index (χ3n) is 2.24. The van der Waals surface area contributed by atoms with Gasteiger partial charge in [-0.2, -0.15) is 0 Å². The molecule has 0 heterocycles. The van der Waals surface area contributed by atoms with Gasteiger partial charge in [-0.05, 0) is 11.6 Å². The lowest BCUT2D eigenvalue weighted by molar-refractivity contribution is -0.134. The fourth-order valence-corrected chi connectivity index (χ4v) is 2.17. The molecule has 0 aliphatic carbocycles. The molecule has 8 heteroatoms. The Kier molecular flexibility index (Phi) is 5.42. The van der Waals surface area contributed by atoms with Crippen LogP contribution in [-0.4, -0.2) is 37.6 Å². The number of amidine groups is 1. The van der Waals surface area contributed by atoms with Gasteiger partial charge in [-0.1, -0.05) is 30.4 Å². The molecule has 0 saturated heterocycles. The molecule has 1 aromatic rings. The highest BCUT2D eigenvalue weighted by atomic mass is 32.2. The molecule has 0 atom stereocenters. The molecule has 0 aliphatic rings. The molecule has 1 aromatic carbocycles. The van der Waals surface area contributed by atoms with Crippen molar-refractivity contribution in [3.05, 3.63) is 41.5 Å². The Morgan fingerprint density at radius 3 is 2.75 bits per heavy atom. The van der Waals surface area contributed by atoms with E-state index in [9.17, 15) is 13.2 Å². The number of rotatable bonds is 7. The molecule has 5 N–H and O–H groups in total. The molecule has 0 aromatic heterocycles. The van der Waals surface area contributed by atoms with Crippen LogP contribution >= 0.6 is 0 Å². The average Bonchev–Trinajstić information content (AvgIpc) is 2.33. The number of nitrogen functional groups attached to an aromatic ring is 1. The van der Waals surface area contributed by atoms with E-state index < -0.39 is 21.7 Å². The maximum Gasteiger partial charge on any atom is 0.320 e. The fourth-order valence-electron chi connectivity index (χ4n) is 1.39. The Hall–Kier alpha value is -2.19. The number of hydrogen-bond acceptors (Lipinski definition) is 4. The number of hydrogen-bond donors (Lipinski definition) is 4. The fraction of sp³-hybridized carbons (Fsp3) is 0.167. The van der Waals surface area contributed by atoms with Crippen molar-refractivity contribution < 1.29 is 18.3 Å². The van der Waals surface area contributed by atoms with Crippen LogP contribution in [0.1, 0.15) is 11.1 Å². The van der Waals surface area contributed by atoms with Crippen LogP contribution in [0.25, 0.3) is 6.08 Å². The number of carbonyl (C=O) groups is 1. The highest BCUT2D eigenvalue weighted by molar-refractivity contribution is 7.90. The molecule has 0 bridgehead atoms. The molecule has 0 unspecified atom stereocenters. The summed E-state index contributed by atoms with van der Waals surface area (Å²) in [5.74, 6) is -2.42. The quantitative estimate of drug-likeness (QED) is 0.415. The van der Waals surface area contributed by atoms with Crippen molar-refractivity contribution in [3.8, 4) is 0 Å². The number of carboxylic acids is 1. The molecule has 0 aliphatic heterocycles. The van der Waals surface area contributed by atoms with E-state index in [1.54, 1.807) is 36.4 Å². The van der Waals surface area contributed by atoms with Gasteiger partial charge in [0.25, 0.3) is 0 Å². The number of nitrogens with two attached hydrogens (primary N) is 1. The third kappa shape index (κ3) is 5.63. The van der Waals surface area contributed by atoms with Crippen molar-refractivity contribution in [2.45, 2.75) is 0 Å². The second kappa shape index (κ2) is 6.83. The van der Waals surface area contributed by atoms with Crippen molar-refractivity contribution in [1.29, 1.82) is 5.41 Å². The average molecular weight is 297 g/mol. The second-order valence-corrected chi connectivity index (χ2v) is 5.75. The lowest BCUT2D eigenvalue weighted by atomic mass is 10.1. The maximum absolute atomic E-state index is 11.2. The van der Waals surface area contributed by atoms with Gasteiger partial charge in [0.1, 0.15) is 5.84 Å². The highest BCUT2D eigenvalue weighted by Gasteiger charge is 2.13. The van der Waals surface area contributed by atoms with Gasteiger partial charge in [0.05, 0.1) is 0 Å². The first-order valence-electron chi connectivity index (χ1n) is 5.60. The minimum Gasteiger partial charge on any atom is -0.480 e. The van der Waals surface area contributed by atoms with E-state index in [1.165, 1.54) is 0 Å². The molecular formula is C12H15N3O4S. The van der Waals surface area contributed by atoms with Crippen molar-refractivity contribution in [2.75, 3.05) is 12.3 Å². The minimum absolute atomic E-state index is 0.0140. The van der Waals surface area contributed by atoms with Gasteiger partial charge in [0, 0.05) is 12.1 Å². The lowest BCUT2D eigenvalue weighted by Gasteiger charge is -2.01. The molecule has 0 spiro atoms. The molecule has 0 fully saturated rings. The zero-order valence-corrected chi connectivity index (χ0v) is 11.4. The summed E-state index contributed by atoms with van der Waals surface area (Å²) < 4.78 is 24.6. The zero-order valence-electron chi connectivity index (χ0n) is 10.5. The van der Waals surface area contributed by atoms with E-state index in [1.807, 2.05) is 0 Å². The van der Waals surface area contributed by atoms with Crippen LogP contribution in [0.3, 0.4) is 0 Å². The minimum atomic E-state index is -3.81. The van der Waals surface area contributed by atoms with Crippen LogP contribution in [0.15, 0.2) is 30.3 Å². The SMILES string of the molecule is N=C(N)c1cccc(/C=C/CNS(=O)(=O)CC(=O)O)c1. The van der Waals surface area contributed by atoms with Crippen LogP contribution < -0.4 is 10.5 Å². The smallest absolute Gasteiger partial charge is 0.320 e. The first-order valence-corrected chi connectivity index (χ1v) is 7.25. The Morgan fingerprint density at radius 2 is 2.15 bits per heavy atom. The Balaban J connectivity index is 2.60. The van der Waals surface area contributed by atoms with E-state index in [0.29, 0.717) is 5.56 Å². The summed E-state index contributed by atoms with van der Waals surface area (Å²) in [7, 11) is -3.81. The molecule has 20 heavy (non-hydrogen) atoms. The molecule has 0 amide bonds. The van der Waals surface area contributed by atoms with Gasteiger partial charge in [-0.25, -0.2) is 13.1 Å². The van der Waals surface area contributed by atoms with E-state index in [4.69, 9.17) is 16.2 Å². The number of aliphatic carboxylic acids is 1. The monoisotopic (exact) mass is 297 g/mol.